The normalized spacial score (nSPS) is 11.0. The van der Waals surface area contributed by atoms with Crippen LogP contribution in [0.4, 0.5) is 9.52 Å². The van der Waals surface area contributed by atoms with Crippen molar-refractivity contribution in [3.63, 3.8) is 0 Å². The third-order valence-electron chi connectivity index (χ3n) is 5.28. The standard InChI is InChI=1S/C25H25FN4OS/c1-3-4-15-30(24(31)21-9-5-6-10-22(21)26)25-28-27-23(32-25)20-12-11-19(16-18(20)2)17-29-13-7-8-14-29/h5-14,16H,3-4,15,17H2,1-2H3. The van der Waals surface area contributed by atoms with Crippen LogP contribution in [0.25, 0.3) is 10.6 Å². The maximum atomic E-state index is 14.3. The molecule has 5 nitrogen and oxygen atoms in total. The summed E-state index contributed by atoms with van der Waals surface area (Å²) in [6.45, 7) is 5.37. The number of aromatic nitrogens is 3. The summed E-state index contributed by atoms with van der Waals surface area (Å²) in [5.74, 6) is -0.920. The maximum Gasteiger partial charge on any atom is 0.263 e. The van der Waals surface area contributed by atoms with Crippen molar-refractivity contribution in [1.29, 1.82) is 0 Å². The molecule has 1 amide bonds. The van der Waals surface area contributed by atoms with Gasteiger partial charge in [-0.2, -0.15) is 0 Å². The zero-order chi connectivity index (χ0) is 22.5. The Hall–Kier alpha value is -3.32. The predicted octanol–water partition coefficient (Wildman–Crippen LogP) is 5.95. The van der Waals surface area contributed by atoms with Gasteiger partial charge in [0.2, 0.25) is 5.13 Å². The van der Waals surface area contributed by atoms with E-state index in [9.17, 15) is 9.18 Å². The van der Waals surface area contributed by atoms with Gasteiger partial charge in [-0.3, -0.25) is 9.69 Å². The molecule has 0 saturated heterocycles. The fourth-order valence-electron chi connectivity index (χ4n) is 3.56. The zero-order valence-corrected chi connectivity index (χ0v) is 19.0. The molecule has 0 spiro atoms. The molecule has 7 heteroatoms. The lowest BCUT2D eigenvalue weighted by Crippen LogP contribution is -2.32. The molecular weight excluding hydrogens is 423 g/mol. The largest absolute Gasteiger partial charge is 0.350 e. The van der Waals surface area contributed by atoms with Crippen LogP contribution in [-0.2, 0) is 6.54 Å². The number of rotatable bonds is 8. The number of benzene rings is 2. The van der Waals surface area contributed by atoms with Crippen LogP contribution in [0.2, 0.25) is 0 Å². The number of unbranched alkanes of at least 4 members (excludes halogenated alkanes) is 1. The Morgan fingerprint density at radius 2 is 1.88 bits per heavy atom. The highest BCUT2D eigenvalue weighted by molar-refractivity contribution is 7.18. The van der Waals surface area contributed by atoms with Crippen LogP contribution in [0.3, 0.4) is 0 Å². The van der Waals surface area contributed by atoms with E-state index in [1.165, 1.54) is 29.0 Å². The number of aryl methyl sites for hydroxylation is 1. The molecule has 0 fully saturated rings. The van der Waals surface area contributed by atoms with Crippen LogP contribution in [-0.4, -0.2) is 27.2 Å². The predicted molar refractivity (Wildman–Crippen MR) is 127 cm³/mol. The summed E-state index contributed by atoms with van der Waals surface area (Å²) in [6, 6.07) is 16.4. The zero-order valence-electron chi connectivity index (χ0n) is 18.2. The summed E-state index contributed by atoms with van der Waals surface area (Å²) in [6.07, 6.45) is 5.78. The van der Waals surface area contributed by atoms with E-state index in [0.29, 0.717) is 11.7 Å². The monoisotopic (exact) mass is 448 g/mol. The molecule has 0 unspecified atom stereocenters. The average Bonchev–Trinajstić information content (AvgIpc) is 3.47. The van der Waals surface area contributed by atoms with Crippen molar-refractivity contribution in [2.75, 3.05) is 11.4 Å². The van der Waals surface area contributed by atoms with Gasteiger partial charge in [-0.25, -0.2) is 4.39 Å². The Labute approximate surface area is 191 Å². The molecule has 4 aromatic rings. The van der Waals surface area contributed by atoms with Crippen molar-refractivity contribution in [3.8, 4) is 10.6 Å². The number of amides is 1. The van der Waals surface area contributed by atoms with Gasteiger partial charge in [0.1, 0.15) is 10.8 Å². The molecule has 4 rings (SSSR count). The van der Waals surface area contributed by atoms with E-state index in [1.807, 2.05) is 30.6 Å². The lowest BCUT2D eigenvalue weighted by Gasteiger charge is -2.19. The molecule has 0 atom stereocenters. The van der Waals surface area contributed by atoms with E-state index in [2.05, 4.69) is 40.7 Å². The van der Waals surface area contributed by atoms with Crippen LogP contribution in [0.15, 0.2) is 67.0 Å². The van der Waals surface area contributed by atoms with E-state index in [0.717, 1.165) is 35.5 Å². The molecular formula is C25H25FN4OS. The number of carbonyl (C=O) groups excluding carboxylic acids is 1. The second-order valence-electron chi connectivity index (χ2n) is 7.68. The Kier molecular flexibility index (Phi) is 6.75. The van der Waals surface area contributed by atoms with Crippen LogP contribution in [0.5, 0.6) is 0 Å². The van der Waals surface area contributed by atoms with E-state index in [-0.39, 0.29) is 5.56 Å². The van der Waals surface area contributed by atoms with E-state index >= 15 is 0 Å². The molecule has 0 bridgehead atoms. The Balaban J connectivity index is 1.60. The average molecular weight is 449 g/mol. The first-order valence-corrected chi connectivity index (χ1v) is 11.5. The first kappa shape index (κ1) is 21.9. The number of carbonyl (C=O) groups is 1. The molecule has 32 heavy (non-hydrogen) atoms. The molecule has 2 heterocycles. The number of nitrogens with zero attached hydrogens (tertiary/aromatic N) is 4. The molecule has 2 aromatic carbocycles. The topological polar surface area (TPSA) is 51.0 Å². The number of anilines is 1. The highest BCUT2D eigenvalue weighted by Gasteiger charge is 2.24. The van der Waals surface area contributed by atoms with E-state index < -0.39 is 11.7 Å². The highest BCUT2D eigenvalue weighted by atomic mass is 32.1. The number of hydrogen-bond acceptors (Lipinski definition) is 4. The Morgan fingerprint density at radius 3 is 2.59 bits per heavy atom. The highest BCUT2D eigenvalue weighted by Crippen LogP contribution is 2.32. The summed E-state index contributed by atoms with van der Waals surface area (Å²) in [7, 11) is 0. The first-order valence-electron chi connectivity index (χ1n) is 10.7. The lowest BCUT2D eigenvalue weighted by atomic mass is 10.1. The smallest absolute Gasteiger partial charge is 0.263 e. The summed E-state index contributed by atoms with van der Waals surface area (Å²) in [5, 5.41) is 9.88. The van der Waals surface area contributed by atoms with Crippen molar-refractivity contribution in [2.45, 2.75) is 33.2 Å². The Morgan fingerprint density at radius 1 is 1.09 bits per heavy atom. The number of halogens is 1. The number of hydrogen-bond donors (Lipinski definition) is 0. The fraction of sp³-hybridized carbons (Fsp3) is 0.240. The van der Waals surface area contributed by atoms with Gasteiger partial charge in [-0.05, 0) is 48.7 Å². The molecule has 0 saturated carbocycles. The van der Waals surface area contributed by atoms with E-state index in [4.69, 9.17) is 0 Å². The second kappa shape index (κ2) is 9.87. The van der Waals surface area contributed by atoms with Crippen molar-refractivity contribution in [1.82, 2.24) is 14.8 Å². The van der Waals surface area contributed by atoms with Crippen LogP contribution in [0.1, 0.15) is 41.3 Å². The van der Waals surface area contributed by atoms with Gasteiger partial charge in [0.25, 0.3) is 5.91 Å². The lowest BCUT2D eigenvalue weighted by molar-refractivity contribution is 0.0982. The second-order valence-corrected chi connectivity index (χ2v) is 8.64. The van der Waals surface area contributed by atoms with Gasteiger partial charge >= 0.3 is 0 Å². The van der Waals surface area contributed by atoms with Crippen molar-refractivity contribution < 1.29 is 9.18 Å². The quantitative estimate of drug-likeness (QED) is 0.335. The molecule has 0 aliphatic heterocycles. The molecule has 0 aliphatic rings. The fourth-order valence-corrected chi connectivity index (χ4v) is 4.52. The third-order valence-corrected chi connectivity index (χ3v) is 6.26. The van der Waals surface area contributed by atoms with Crippen LogP contribution >= 0.6 is 11.3 Å². The molecule has 164 valence electrons. The van der Waals surface area contributed by atoms with Gasteiger partial charge in [0.15, 0.2) is 0 Å². The molecule has 0 N–H and O–H groups in total. The van der Waals surface area contributed by atoms with Crippen LogP contribution in [0, 0.1) is 12.7 Å². The minimum absolute atomic E-state index is 0.0471. The van der Waals surface area contributed by atoms with Crippen molar-refractivity contribution >= 4 is 22.4 Å². The third kappa shape index (κ3) is 4.78. The van der Waals surface area contributed by atoms with Crippen molar-refractivity contribution in [2.24, 2.45) is 0 Å². The minimum atomic E-state index is -0.530. The summed E-state index contributed by atoms with van der Waals surface area (Å²) < 4.78 is 16.4. The first-order chi connectivity index (χ1) is 15.6. The van der Waals surface area contributed by atoms with Gasteiger partial charge in [0.05, 0.1) is 5.56 Å². The maximum absolute atomic E-state index is 14.3. The summed E-state index contributed by atoms with van der Waals surface area (Å²) in [4.78, 5) is 14.6. The minimum Gasteiger partial charge on any atom is -0.350 e. The van der Waals surface area contributed by atoms with Gasteiger partial charge in [-0.1, -0.05) is 55.0 Å². The van der Waals surface area contributed by atoms with Gasteiger partial charge in [-0.15, -0.1) is 10.2 Å². The molecule has 2 aromatic heterocycles. The summed E-state index contributed by atoms with van der Waals surface area (Å²) >= 11 is 1.35. The SMILES string of the molecule is CCCCN(C(=O)c1ccccc1F)c1nnc(-c2ccc(Cn3cccc3)cc2C)s1. The van der Waals surface area contributed by atoms with Crippen LogP contribution < -0.4 is 4.90 Å². The van der Waals surface area contributed by atoms with Gasteiger partial charge < -0.3 is 4.57 Å². The molecule has 0 radical (unpaired) electrons. The van der Waals surface area contributed by atoms with Crippen molar-refractivity contribution in [3.05, 3.63) is 89.5 Å². The summed E-state index contributed by atoms with van der Waals surface area (Å²) in [5.41, 5.74) is 3.33. The van der Waals surface area contributed by atoms with Gasteiger partial charge in [0, 0.05) is 31.0 Å². The van der Waals surface area contributed by atoms with E-state index in [1.54, 1.807) is 17.0 Å². The molecule has 0 aliphatic carbocycles. The Bertz CT molecular complexity index is 1200.